The summed E-state index contributed by atoms with van der Waals surface area (Å²) in [5, 5.41) is 9.49. The molecule has 2 aliphatic heterocycles. The highest BCUT2D eigenvalue weighted by atomic mass is 16.2. The lowest BCUT2D eigenvalue weighted by atomic mass is 9.98. The van der Waals surface area contributed by atoms with Crippen molar-refractivity contribution in [3.8, 4) is 11.8 Å². The third-order valence-corrected chi connectivity index (χ3v) is 8.04. The van der Waals surface area contributed by atoms with E-state index in [4.69, 9.17) is 4.99 Å². The molecule has 2 aromatic rings. The molecule has 8 nitrogen and oxygen atoms in total. The minimum Gasteiger partial charge on any atom is -0.369 e. The number of carbonyl (C=O) groups is 2. The summed E-state index contributed by atoms with van der Waals surface area (Å²) in [5.74, 6) is 6.08. The molecule has 1 atom stereocenters. The number of piperidine rings is 1. The standard InChI is InChI=1S/C36H44N6O2/c1-7-10-34(43)40-29-11-9-18-42(23-29)31-16-17-37-30(19-31)20-35(44)39-28-14-12-27(13-15-28)33-21-32(26(6)24(3)4)36(41-33)38-22-25(5)8-2/h12-17,19,21-22,24,29H,8-9,11,18,20,23H2,1-6H3,(H,38,41)(H,39,44)(H,40,43)/b25-22?,32-26+. The highest BCUT2D eigenvalue weighted by Gasteiger charge is 2.22. The van der Waals surface area contributed by atoms with Gasteiger partial charge in [0.1, 0.15) is 5.84 Å². The van der Waals surface area contributed by atoms with Crippen LogP contribution in [0.3, 0.4) is 0 Å². The van der Waals surface area contributed by atoms with Crippen molar-refractivity contribution in [1.82, 2.24) is 15.6 Å². The molecule has 0 bridgehead atoms. The van der Waals surface area contributed by atoms with Gasteiger partial charge in [0, 0.05) is 54.2 Å². The van der Waals surface area contributed by atoms with Crippen LogP contribution in [-0.2, 0) is 16.0 Å². The smallest absolute Gasteiger partial charge is 0.296 e. The number of aromatic nitrogens is 1. The summed E-state index contributed by atoms with van der Waals surface area (Å²) in [6.45, 7) is 14.0. The van der Waals surface area contributed by atoms with Gasteiger partial charge in [-0.3, -0.25) is 14.6 Å². The summed E-state index contributed by atoms with van der Waals surface area (Å²) in [4.78, 5) is 36.3. The van der Waals surface area contributed by atoms with Crippen LogP contribution in [0.15, 0.2) is 76.6 Å². The van der Waals surface area contributed by atoms with E-state index in [2.05, 4.69) is 78.4 Å². The number of nitrogens with zero attached hydrogens (tertiary/aromatic N) is 3. The zero-order valence-corrected chi connectivity index (χ0v) is 26.8. The molecule has 2 aliphatic rings. The van der Waals surface area contributed by atoms with Crippen molar-refractivity contribution in [3.05, 3.63) is 82.8 Å². The number of aliphatic imine (C=N–C) groups is 1. The first-order valence-corrected chi connectivity index (χ1v) is 15.4. The Bertz CT molecular complexity index is 1550. The molecule has 2 amide bonds. The van der Waals surface area contributed by atoms with Gasteiger partial charge < -0.3 is 20.9 Å². The zero-order valence-electron chi connectivity index (χ0n) is 26.8. The number of pyridine rings is 1. The molecule has 3 heterocycles. The fraction of sp³-hybridized carbons (Fsp3) is 0.389. The Labute approximate surface area is 261 Å². The normalized spacial score (nSPS) is 18.8. The highest BCUT2D eigenvalue weighted by molar-refractivity contribution is 6.12. The molecule has 1 fully saturated rings. The maximum Gasteiger partial charge on any atom is 0.296 e. The third-order valence-electron chi connectivity index (χ3n) is 8.04. The second kappa shape index (κ2) is 15.2. The van der Waals surface area contributed by atoms with Crippen LogP contribution < -0.4 is 20.9 Å². The Morgan fingerprint density at radius 2 is 1.98 bits per heavy atom. The maximum absolute atomic E-state index is 12.9. The summed E-state index contributed by atoms with van der Waals surface area (Å²) in [5.41, 5.74) is 8.04. The van der Waals surface area contributed by atoms with Crippen molar-refractivity contribution in [2.45, 2.75) is 73.3 Å². The molecule has 3 N–H and O–H groups in total. The SMILES string of the molecule is CC#CC(=O)NC1CCCN(c2ccnc(CC(=O)Nc3ccc(C4=C/C(=C(/C)C(C)C)C(=NC=C(C)CC)N4)cc3)c2)C1. The van der Waals surface area contributed by atoms with E-state index in [1.165, 1.54) is 11.1 Å². The molecule has 0 saturated carbocycles. The second-order valence-corrected chi connectivity index (χ2v) is 11.7. The van der Waals surface area contributed by atoms with Crippen molar-refractivity contribution in [1.29, 1.82) is 0 Å². The molecule has 1 unspecified atom stereocenters. The Kier molecular flexibility index (Phi) is 11.1. The zero-order chi connectivity index (χ0) is 31.6. The summed E-state index contributed by atoms with van der Waals surface area (Å²) in [6.07, 6.45) is 8.83. The summed E-state index contributed by atoms with van der Waals surface area (Å²) in [7, 11) is 0. The lowest BCUT2D eigenvalue weighted by molar-refractivity contribution is -0.117. The van der Waals surface area contributed by atoms with Gasteiger partial charge >= 0.3 is 0 Å². The number of carbonyl (C=O) groups excluding carboxylic acids is 2. The third kappa shape index (κ3) is 8.70. The summed E-state index contributed by atoms with van der Waals surface area (Å²) >= 11 is 0. The molecule has 0 radical (unpaired) electrons. The van der Waals surface area contributed by atoms with Gasteiger partial charge in [-0.15, -0.1) is 0 Å². The lowest BCUT2D eigenvalue weighted by Crippen LogP contribution is -2.47. The lowest BCUT2D eigenvalue weighted by Gasteiger charge is -2.34. The van der Waals surface area contributed by atoms with Crippen molar-refractivity contribution in [2.75, 3.05) is 23.3 Å². The van der Waals surface area contributed by atoms with Gasteiger partial charge in [0.25, 0.3) is 5.91 Å². The van der Waals surface area contributed by atoms with E-state index in [9.17, 15) is 9.59 Å². The number of hydrogen-bond acceptors (Lipinski definition) is 5. The molecule has 44 heavy (non-hydrogen) atoms. The van der Waals surface area contributed by atoms with E-state index >= 15 is 0 Å². The van der Waals surface area contributed by atoms with Crippen LogP contribution in [0.1, 0.15) is 72.1 Å². The topological polar surface area (TPSA) is 98.7 Å². The Morgan fingerprint density at radius 1 is 1.20 bits per heavy atom. The monoisotopic (exact) mass is 592 g/mol. The molecule has 1 aromatic heterocycles. The minimum absolute atomic E-state index is 0.0398. The number of allylic oxidation sites excluding steroid dienone is 2. The first kappa shape index (κ1) is 32.3. The molecular weight excluding hydrogens is 548 g/mol. The largest absolute Gasteiger partial charge is 0.369 e. The fourth-order valence-electron chi connectivity index (χ4n) is 5.10. The molecule has 1 saturated heterocycles. The Morgan fingerprint density at radius 3 is 2.68 bits per heavy atom. The Hall–Kier alpha value is -4.64. The summed E-state index contributed by atoms with van der Waals surface area (Å²) in [6, 6.07) is 11.8. The molecule has 0 aliphatic carbocycles. The number of amidine groups is 1. The van der Waals surface area contributed by atoms with Crippen molar-refractivity contribution < 1.29 is 9.59 Å². The van der Waals surface area contributed by atoms with E-state index in [0.29, 0.717) is 18.2 Å². The first-order chi connectivity index (χ1) is 21.2. The van der Waals surface area contributed by atoms with E-state index in [1.807, 2.05) is 42.6 Å². The van der Waals surface area contributed by atoms with E-state index in [-0.39, 0.29) is 24.3 Å². The number of benzene rings is 1. The fourth-order valence-corrected chi connectivity index (χ4v) is 5.10. The number of nitrogens with one attached hydrogen (secondary N) is 3. The average Bonchev–Trinajstić information content (AvgIpc) is 3.44. The first-order valence-electron chi connectivity index (χ1n) is 15.4. The van der Waals surface area contributed by atoms with Crippen molar-refractivity contribution >= 4 is 34.7 Å². The molecule has 230 valence electrons. The highest BCUT2D eigenvalue weighted by Crippen LogP contribution is 2.27. The predicted molar refractivity (Wildman–Crippen MR) is 180 cm³/mol. The van der Waals surface area contributed by atoms with Gasteiger partial charge in [-0.2, -0.15) is 0 Å². The number of hydrogen-bond donors (Lipinski definition) is 3. The van der Waals surface area contributed by atoms with Crippen LogP contribution in [0.2, 0.25) is 0 Å². The quantitative estimate of drug-likeness (QED) is 0.310. The van der Waals surface area contributed by atoms with Gasteiger partial charge in [0.15, 0.2) is 0 Å². The van der Waals surface area contributed by atoms with Gasteiger partial charge in [0.2, 0.25) is 5.91 Å². The van der Waals surface area contributed by atoms with Gasteiger partial charge in [-0.1, -0.05) is 50.0 Å². The minimum atomic E-state index is -0.244. The molecular formula is C36H44N6O2. The van der Waals surface area contributed by atoms with Crippen LogP contribution in [0, 0.1) is 17.8 Å². The van der Waals surface area contributed by atoms with E-state index in [1.54, 1.807) is 13.1 Å². The maximum atomic E-state index is 12.9. The van der Waals surface area contributed by atoms with Gasteiger partial charge in [-0.05, 0) is 87.8 Å². The Balaban J connectivity index is 1.39. The predicted octanol–water partition coefficient (Wildman–Crippen LogP) is 6.00. The van der Waals surface area contributed by atoms with Crippen LogP contribution >= 0.6 is 0 Å². The molecule has 0 spiro atoms. The van der Waals surface area contributed by atoms with E-state index in [0.717, 1.165) is 59.9 Å². The number of amides is 2. The van der Waals surface area contributed by atoms with Crippen molar-refractivity contribution in [2.24, 2.45) is 10.9 Å². The average molecular weight is 593 g/mol. The van der Waals surface area contributed by atoms with Crippen LogP contribution in [-0.4, -0.2) is 41.8 Å². The number of anilines is 2. The van der Waals surface area contributed by atoms with E-state index < -0.39 is 0 Å². The van der Waals surface area contributed by atoms with Crippen LogP contribution in [0.4, 0.5) is 11.4 Å². The van der Waals surface area contributed by atoms with Crippen LogP contribution in [0.25, 0.3) is 5.70 Å². The second-order valence-electron chi connectivity index (χ2n) is 11.7. The molecule has 1 aromatic carbocycles. The van der Waals surface area contributed by atoms with Crippen LogP contribution in [0.5, 0.6) is 0 Å². The van der Waals surface area contributed by atoms with Gasteiger partial charge in [0.05, 0.1) is 12.1 Å². The molecule has 4 rings (SSSR count). The van der Waals surface area contributed by atoms with Gasteiger partial charge in [-0.25, -0.2) is 4.99 Å². The molecule has 8 heteroatoms. The summed E-state index contributed by atoms with van der Waals surface area (Å²) < 4.78 is 0. The number of rotatable bonds is 9. The van der Waals surface area contributed by atoms with Crippen molar-refractivity contribution in [3.63, 3.8) is 0 Å².